The Morgan fingerprint density at radius 1 is 1.32 bits per heavy atom. The number of ether oxygens (including phenoxy) is 1. The van der Waals surface area contributed by atoms with Crippen molar-refractivity contribution in [1.82, 2.24) is 4.90 Å². The summed E-state index contributed by atoms with van der Waals surface area (Å²) in [4.78, 5) is 36.8. The second kappa shape index (κ2) is 5.87. The molecule has 5 nitrogen and oxygen atoms in total. The minimum absolute atomic E-state index is 0.0451. The summed E-state index contributed by atoms with van der Waals surface area (Å²) in [5.41, 5.74) is -0.505. The maximum absolute atomic E-state index is 13.7. The molecule has 2 amide bonds. The summed E-state index contributed by atoms with van der Waals surface area (Å²) in [6.45, 7) is 5.00. The van der Waals surface area contributed by atoms with Crippen molar-refractivity contribution in [1.29, 1.82) is 0 Å². The summed E-state index contributed by atoms with van der Waals surface area (Å²) in [6, 6.07) is 4.95. The fraction of sp³-hybridized carbons (Fsp3) is 0.438. The van der Waals surface area contributed by atoms with Gasteiger partial charge in [-0.3, -0.25) is 9.59 Å². The van der Waals surface area contributed by atoms with Crippen LogP contribution in [0.1, 0.15) is 32.8 Å². The minimum Gasteiger partial charge on any atom is -0.443 e. The van der Waals surface area contributed by atoms with Crippen LogP contribution in [0.3, 0.4) is 0 Å². The van der Waals surface area contributed by atoms with Crippen molar-refractivity contribution in [2.75, 3.05) is 0 Å². The molecule has 0 N–H and O–H groups in total. The summed E-state index contributed by atoms with van der Waals surface area (Å²) < 4.78 is 18.9. The average molecular weight is 307 g/mol. The monoisotopic (exact) mass is 307 g/mol. The molecule has 0 bridgehead atoms. The first-order chi connectivity index (χ1) is 10.2. The van der Waals surface area contributed by atoms with E-state index in [2.05, 4.69) is 0 Å². The van der Waals surface area contributed by atoms with Gasteiger partial charge in [-0.25, -0.2) is 14.1 Å². The van der Waals surface area contributed by atoms with Crippen molar-refractivity contribution in [2.24, 2.45) is 0 Å². The van der Waals surface area contributed by atoms with Crippen molar-refractivity contribution in [3.8, 4) is 0 Å². The standard InChI is InChI=1S/C16H18FNO4/c1-16(2,3)22-15(21)18-12(13(19)9-14(18)20)8-10-6-4-5-7-11(10)17/h4-7,12H,8-9H2,1-3H3/t12-/m0/s1. The molecule has 1 fully saturated rings. The van der Waals surface area contributed by atoms with Crippen LogP contribution in [-0.2, 0) is 20.7 Å². The Bertz CT molecular complexity index is 621. The van der Waals surface area contributed by atoms with Gasteiger partial charge in [-0.2, -0.15) is 0 Å². The fourth-order valence-corrected chi connectivity index (χ4v) is 2.29. The molecule has 2 rings (SSSR count). The number of hydrogen-bond donors (Lipinski definition) is 0. The van der Waals surface area contributed by atoms with Crippen molar-refractivity contribution in [3.63, 3.8) is 0 Å². The van der Waals surface area contributed by atoms with E-state index in [0.29, 0.717) is 0 Å². The smallest absolute Gasteiger partial charge is 0.417 e. The number of amides is 2. The van der Waals surface area contributed by atoms with E-state index in [1.807, 2.05) is 0 Å². The van der Waals surface area contributed by atoms with Gasteiger partial charge in [0, 0.05) is 6.42 Å². The highest BCUT2D eigenvalue weighted by Crippen LogP contribution is 2.23. The molecule has 1 heterocycles. The molecule has 0 radical (unpaired) electrons. The first-order valence-electron chi connectivity index (χ1n) is 7.00. The quantitative estimate of drug-likeness (QED) is 0.787. The van der Waals surface area contributed by atoms with E-state index in [4.69, 9.17) is 4.74 Å². The lowest BCUT2D eigenvalue weighted by Gasteiger charge is -2.26. The minimum atomic E-state index is -1.01. The first-order valence-corrected chi connectivity index (χ1v) is 7.00. The molecule has 0 unspecified atom stereocenters. The molecule has 0 saturated carbocycles. The number of carbonyl (C=O) groups excluding carboxylic acids is 3. The zero-order valence-electron chi connectivity index (χ0n) is 12.8. The van der Waals surface area contributed by atoms with E-state index in [1.165, 1.54) is 18.2 Å². The highest BCUT2D eigenvalue weighted by Gasteiger charge is 2.44. The van der Waals surface area contributed by atoms with Crippen LogP contribution in [0, 0.1) is 5.82 Å². The summed E-state index contributed by atoms with van der Waals surface area (Å²) in [5.74, 6) is -1.49. The maximum atomic E-state index is 13.7. The third-order valence-corrected chi connectivity index (χ3v) is 3.24. The number of ketones is 1. The molecule has 1 aliphatic heterocycles. The molecule has 1 aromatic carbocycles. The zero-order chi connectivity index (χ0) is 16.5. The fourth-order valence-electron chi connectivity index (χ4n) is 2.29. The van der Waals surface area contributed by atoms with Gasteiger partial charge in [0.15, 0.2) is 5.78 Å². The van der Waals surface area contributed by atoms with Crippen LogP contribution in [0.25, 0.3) is 0 Å². The molecule has 1 atom stereocenters. The molecular weight excluding hydrogens is 289 g/mol. The lowest BCUT2D eigenvalue weighted by atomic mass is 10.0. The van der Waals surface area contributed by atoms with Crippen LogP contribution in [0.15, 0.2) is 24.3 Å². The van der Waals surface area contributed by atoms with Crippen molar-refractivity contribution >= 4 is 17.8 Å². The number of nitrogens with zero attached hydrogens (tertiary/aromatic N) is 1. The molecule has 118 valence electrons. The molecule has 1 aromatic rings. The highest BCUT2D eigenvalue weighted by molar-refractivity contribution is 6.13. The molecule has 1 aliphatic rings. The van der Waals surface area contributed by atoms with Gasteiger partial charge in [0.25, 0.3) is 0 Å². The predicted molar refractivity (Wildman–Crippen MR) is 76.6 cm³/mol. The Morgan fingerprint density at radius 2 is 1.95 bits per heavy atom. The second-order valence-corrected chi connectivity index (χ2v) is 6.20. The van der Waals surface area contributed by atoms with E-state index < -0.39 is 35.2 Å². The van der Waals surface area contributed by atoms with Crippen LogP contribution in [0.5, 0.6) is 0 Å². The lowest BCUT2D eigenvalue weighted by Crippen LogP contribution is -2.44. The maximum Gasteiger partial charge on any atom is 0.417 e. The van der Waals surface area contributed by atoms with Gasteiger partial charge < -0.3 is 4.74 Å². The van der Waals surface area contributed by atoms with E-state index in [1.54, 1.807) is 26.8 Å². The van der Waals surface area contributed by atoms with Crippen LogP contribution >= 0.6 is 0 Å². The number of hydrogen-bond acceptors (Lipinski definition) is 4. The predicted octanol–water partition coefficient (Wildman–Crippen LogP) is 2.47. The van der Waals surface area contributed by atoms with Gasteiger partial charge in [0.05, 0.1) is 6.42 Å². The van der Waals surface area contributed by atoms with Crippen molar-refractivity contribution in [3.05, 3.63) is 35.6 Å². The Balaban J connectivity index is 2.24. The number of Topliss-reactive ketones (excluding diaryl/α,β-unsaturated/α-hetero) is 1. The summed E-state index contributed by atoms with van der Waals surface area (Å²) in [5, 5.41) is 0. The number of halogens is 1. The number of imide groups is 1. The Hall–Kier alpha value is -2.24. The second-order valence-electron chi connectivity index (χ2n) is 6.20. The largest absolute Gasteiger partial charge is 0.443 e. The van der Waals surface area contributed by atoms with Crippen LogP contribution in [0.2, 0.25) is 0 Å². The molecular formula is C16H18FNO4. The molecule has 0 spiro atoms. The average Bonchev–Trinajstić information content (AvgIpc) is 2.65. The number of benzene rings is 1. The topological polar surface area (TPSA) is 63.7 Å². The van der Waals surface area contributed by atoms with Crippen LogP contribution < -0.4 is 0 Å². The van der Waals surface area contributed by atoms with E-state index in [0.717, 1.165) is 4.90 Å². The molecule has 1 saturated heterocycles. The number of likely N-dealkylation sites (tertiary alicyclic amines) is 1. The first kappa shape index (κ1) is 16.1. The highest BCUT2D eigenvalue weighted by atomic mass is 19.1. The Labute approximate surface area is 128 Å². The SMILES string of the molecule is CC(C)(C)OC(=O)N1C(=O)CC(=O)[C@@H]1Cc1ccccc1F. The van der Waals surface area contributed by atoms with E-state index >= 15 is 0 Å². The van der Waals surface area contributed by atoms with E-state index in [9.17, 15) is 18.8 Å². The van der Waals surface area contributed by atoms with Crippen LogP contribution in [-0.4, -0.2) is 34.3 Å². The van der Waals surface area contributed by atoms with Gasteiger partial charge in [-0.15, -0.1) is 0 Å². The van der Waals surface area contributed by atoms with Gasteiger partial charge in [-0.1, -0.05) is 18.2 Å². The molecule has 0 aliphatic carbocycles. The van der Waals surface area contributed by atoms with Crippen LogP contribution in [0.4, 0.5) is 9.18 Å². The Morgan fingerprint density at radius 3 is 2.55 bits per heavy atom. The van der Waals surface area contributed by atoms with Gasteiger partial charge in [-0.05, 0) is 32.4 Å². The zero-order valence-corrected chi connectivity index (χ0v) is 12.8. The van der Waals surface area contributed by atoms with Crippen molar-refractivity contribution < 1.29 is 23.5 Å². The number of carbonyl (C=O) groups is 3. The summed E-state index contributed by atoms with van der Waals surface area (Å²) >= 11 is 0. The molecule has 0 aromatic heterocycles. The molecule has 22 heavy (non-hydrogen) atoms. The lowest BCUT2D eigenvalue weighted by molar-refractivity contribution is -0.128. The van der Waals surface area contributed by atoms with Gasteiger partial charge >= 0.3 is 6.09 Å². The molecule has 6 heteroatoms. The number of rotatable bonds is 2. The van der Waals surface area contributed by atoms with Gasteiger partial charge in [0.2, 0.25) is 5.91 Å². The Kier molecular flexibility index (Phi) is 4.30. The van der Waals surface area contributed by atoms with Crippen molar-refractivity contribution in [2.45, 2.75) is 45.3 Å². The van der Waals surface area contributed by atoms with E-state index in [-0.39, 0.29) is 18.4 Å². The summed E-state index contributed by atoms with van der Waals surface area (Å²) in [7, 11) is 0. The normalized spacial score (nSPS) is 18.7. The third kappa shape index (κ3) is 3.50. The third-order valence-electron chi connectivity index (χ3n) is 3.24. The summed E-state index contributed by atoms with van der Waals surface area (Å²) in [6.07, 6.45) is -1.28. The van der Waals surface area contributed by atoms with Gasteiger partial charge in [0.1, 0.15) is 17.5 Å².